The molecule has 1 aromatic rings. The van der Waals surface area contributed by atoms with Crippen molar-refractivity contribution in [3.05, 3.63) is 23.2 Å². The van der Waals surface area contributed by atoms with E-state index in [4.69, 9.17) is 22.1 Å². The summed E-state index contributed by atoms with van der Waals surface area (Å²) in [6.07, 6.45) is 0.899. The molecule has 0 bridgehead atoms. The predicted molar refractivity (Wildman–Crippen MR) is 69.4 cm³/mol. The van der Waals surface area contributed by atoms with Gasteiger partial charge in [0.05, 0.1) is 12.1 Å². The number of nitrogens with one attached hydrogen (secondary N) is 1. The second-order valence-corrected chi connectivity index (χ2v) is 4.92. The average molecular weight is 243 g/mol. The Labute approximate surface area is 102 Å². The number of hydrogen-bond donors (Lipinski definition) is 2. The van der Waals surface area contributed by atoms with E-state index in [1.807, 2.05) is 32.0 Å². The Kier molecular flexibility index (Phi) is 4.44. The van der Waals surface area contributed by atoms with E-state index < -0.39 is 0 Å². The van der Waals surface area contributed by atoms with Gasteiger partial charge in [0.2, 0.25) is 0 Å². The minimum absolute atomic E-state index is 0.150. The van der Waals surface area contributed by atoms with Gasteiger partial charge in [0.1, 0.15) is 5.75 Å². The van der Waals surface area contributed by atoms with Gasteiger partial charge < -0.3 is 15.8 Å². The minimum Gasteiger partial charge on any atom is -0.495 e. The van der Waals surface area contributed by atoms with Crippen LogP contribution in [0.2, 0.25) is 5.02 Å². The molecule has 0 atom stereocenters. The first-order valence-electron chi connectivity index (χ1n) is 5.29. The van der Waals surface area contributed by atoms with Gasteiger partial charge in [-0.3, -0.25) is 0 Å². The van der Waals surface area contributed by atoms with Crippen LogP contribution in [0.3, 0.4) is 0 Å². The quantitative estimate of drug-likeness (QED) is 0.835. The Balaban J connectivity index is 2.52. The van der Waals surface area contributed by atoms with Crippen LogP contribution in [0.25, 0.3) is 0 Å². The molecule has 0 aromatic heterocycles. The molecule has 90 valence electrons. The van der Waals surface area contributed by atoms with E-state index in [2.05, 4.69) is 5.32 Å². The number of halogens is 1. The fourth-order valence-corrected chi connectivity index (χ4v) is 1.56. The van der Waals surface area contributed by atoms with Gasteiger partial charge in [0.15, 0.2) is 0 Å². The van der Waals surface area contributed by atoms with Crippen LogP contribution >= 0.6 is 11.6 Å². The lowest BCUT2D eigenvalue weighted by molar-refractivity contribution is 0.415. The lowest BCUT2D eigenvalue weighted by atomic mass is 10.0. The van der Waals surface area contributed by atoms with Crippen molar-refractivity contribution in [1.29, 1.82) is 0 Å². The van der Waals surface area contributed by atoms with Gasteiger partial charge in [0.25, 0.3) is 0 Å². The molecule has 0 heterocycles. The van der Waals surface area contributed by atoms with Gasteiger partial charge in [-0.05, 0) is 38.5 Å². The molecule has 1 aromatic carbocycles. The lowest BCUT2D eigenvalue weighted by Crippen LogP contribution is -2.34. The van der Waals surface area contributed by atoms with Crippen LogP contribution in [-0.2, 0) is 0 Å². The summed E-state index contributed by atoms with van der Waals surface area (Å²) in [4.78, 5) is 0. The van der Waals surface area contributed by atoms with E-state index in [1.165, 1.54) is 0 Å². The Morgan fingerprint density at radius 3 is 2.62 bits per heavy atom. The Morgan fingerprint density at radius 2 is 2.12 bits per heavy atom. The first-order valence-corrected chi connectivity index (χ1v) is 5.66. The molecule has 0 aliphatic carbocycles. The third-order valence-electron chi connectivity index (χ3n) is 2.25. The summed E-state index contributed by atoms with van der Waals surface area (Å²) in [5.74, 6) is 0.686. The number of ether oxygens (including phenoxy) is 1. The second-order valence-electron chi connectivity index (χ2n) is 4.51. The van der Waals surface area contributed by atoms with Gasteiger partial charge in [0, 0.05) is 17.8 Å². The van der Waals surface area contributed by atoms with Crippen molar-refractivity contribution >= 4 is 17.3 Å². The number of methoxy groups -OCH3 is 1. The van der Waals surface area contributed by atoms with E-state index >= 15 is 0 Å². The largest absolute Gasteiger partial charge is 0.495 e. The smallest absolute Gasteiger partial charge is 0.137 e. The van der Waals surface area contributed by atoms with Crippen LogP contribution in [-0.4, -0.2) is 19.2 Å². The van der Waals surface area contributed by atoms with Crippen LogP contribution in [0, 0.1) is 0 Å². The average Bonchev–Trinajstić information content (AvgIpc) is 2.16. The monoisotopic (exact) mass is 242 g/mol. The van der Waals surface area contributed by atoms with Crippen molar-refractivity contribution in [1.82, 2.24) is 0 Å². The summed E-state index contributed by atoms with van der Waals surface area (Å²) in [7, 11) is 1.60. The zero-order valence-electron chi connectivity index (χ0n) is 10.0. The van der Waals surface area contributed by atoms with E-state index in [1.54, 1.807) is 7.11 Å². The Bertz CT molecular complexity index is 347. The molecule has 0 amide bonds. The summed E-state index contributed by atoms with van der Waals surface area (Å²) < 4.78 is 5.08. The third kappa shape index (κ3) is 4.29. The highest BCUT2D eigenvalue weighted by Crippen LogP contribution is 2.27. The van der Waals surface area contributed by atoms with Gasteiger partial charge in [-0.2, -0.15) is 0 Å². The zero-order chi connectivity index (χ0) is 12.2. The standard InChI is InChI=1S/C12H19ClN2O/c1-12(2,14)6-7-15-9-4-5-11(16-3)10(13)8-9/h4-5,8,15H,6-7,14H2,1-3H3. The van der Waals surface area contributed by atoms with Crippen molar-refractivity contribution in [3.8, 4) is 5.75 Å². The molecule has 0 aliphatic rings. The van der Waals surface area contributed by atoms with E-state index in [0.717, 1.165) is 18.7 Å². The van der Waals surface area contributed by atoms with Crippen molar-refractivity contribution in [2.75, 3.05) is 19.0 Å². The van der Waals surface area contributed by atoms with Gasteiger partial charge >= 0.3 is 0 Å². The van der Waals surface area contributed by atoms with Gasteiger partial charge in [-0.15, -0.1) is 0 Å². The van der Waals surface area contributed by atoms with Crippen molar-refractivity contribution in [2.24, 2.45) is 5.73 Å². The van der Waals surface area contributed by atoms with Crippen LogP contribution < -0.4 is 15.8 Å². The summed E-state index contributed by atoms with van der Waals surface area (Å²) in [5.41, 5.74) is 6.72. The van der Waals surface area contributed by atoms with Gasteiger partial charge in [-0.25, -0.2) is 0 Å². The molecule has 0 unspecified atom stereocenters. The maximum absolute atomic E-state index is 6.01. The van der Waals surface area contributed by atoms with Crippen molar-refractivity contribution in [3.63, 3.8) is 0 Å². The molecule has 0 saturated heterocycles. The second kappa shape index (κ2) is 5.41. The molecule has 4 heteroatoms. The molecular formula is C12H19ClN2O. The summed E-state index contributed by atoms with van der Waals surface area (Å²) in [5, 5.41) is 3.88. The molecule has 3 N–H and O–H groups in total. The number of rotatable bonds is 5. The highest BCUT2D eigenvalue weighted by Gasteiger charge is 2.09. The normalized spacial score (nSPS) is 11.3. The SMILES string of the molecule is COc1ccc(NCCC(C)(C)N)cc1Cl. The van der Waals surface area contributed by atoms with E-state index in [-0.39, 0.29) is 5.54 Å². The molecule has 0 saturated carbocycles. The molecule has 0 aliphatic heterocycles. The van der Waals surface area contributed by atoms with Crippen LogP contribution in [0.15, 0.2) is 18.2 Å². The highest BCUT2D eigenvalue weighted by molar-refractivity contribution is 6.32. The highest BCUT2D eigenvalue weighted by atomic mass is 35.5. The summed E-state index contributed by atoms with van der Waals surface area (Å²) in [6.45, 7) is 4.84. The molecule has 3 nitrogen and oxygen atoms in total. The summed E-state index contributed by atoms with van der Waals surface area (Å²) in [6, 6.07) is 5.64. The van der Waals surface area contributed by atoms with Crippen LogP contribution in [0.1, 0.15) is 20.3 Å². The van der Waals surface area contributed by atoms with Gasteiger partial charge in [-0.1, -0.05) is 11.6 Å². The topological polar surface area (TPSA) is 47.3 Å². The third-order valence-corrected chi connectivity index (χ3v) is 2.55. The van der Waals surface area contributed by atoms with Crippen LogP contribution in [0.5, 0.6) is 5.75 Å². The number of hydrogen-bond acceptors (Lipinski definition) is 3. The van der Waals surface area contributed by atoms with E-state index in [0.29, 0.717) is 10.8 Å². The predicted octanol–water partition coefficient (Wildman–Crippen LogP) is 2.89. The molecule has 16 heavy (non-hydrogen) atoms. The summed E-state index contributed by atoms with van der Waals surface area (Å²) >= 11 is 6.01. The van der Waals surface area contributed by atoms with Crippen molar-refractivity contribution < 1.29 is 4.74 Å². The van der Waals surface area contributed by atoms with Crippen LogP contribution in [0.4, 0.5) is 5.69 Å². The number of benzene rings is 1. The molecule has 1 rings (SSSR count). The van der Waals surface area contributed by atoms with Crippen molar-refractivity contribution in [2.45, 2.75) is 25.8 Å². The Morgan fingerprint density at radius 1 is 1.44 bits per heavy atom. The Hall–Kier alpha value is -0.930. The molecule has 0 radical (unpaired) electrons. The number of anilines is 1. The maximum Gasteiger partial charge on any atom is 0.137 e. The molecule has 0 spiro atoms. The zero-order valence-corrected chi connectivity index (χ0v) is 10.8. The fraction of sp³-hybridized carbons (Fsp3) is 0.500. The minimum atomic E-state index is -0.150. The lowest BCUT2D eigenvalue weighted by Gasteiger charge is -2.19. The fourth-order valence-electron chi connectivity index (χ4n) is 1.31. The van der Waals surface area contributed by atoms with E-state index in [9.17, 15) is 0 Å². The molecular weight excluding hydrogens is 224 g/mol. The number of nitrogens with two attached hydrogens (primary N) is 1. The first-order chi connectivity index (χ1) is 7.42. The molecule has 0 fully saturated rings. The first kappa shape index (κ1) is 13.1. The maximum atomic E-state index is 6.01.